The normalized spacial score (nSPS) is 12.6. The summed E-state index contributed by atoms with van der Waals surface area (Å²) in [4.78, 5) is 24.2. The molecule has 2 aromatic carbocycles. The van der Waals surface area contributed by atoms with E-state index in [0.717, 1.165) is 16.7 Å². The Balaban J connectivity index is 2.09. The van der Waals surface area contributed by atoms with Crippen LogP contribution in [0, 0.1) is 6.92 Å². The van der Waals surface area contributed by atoms with Crippen molar-refractivity contribution in [1.29, 1.82) is 0 Å². The van der Waals surface area contributed by atoms with E-state index in [9.17, 15) is 9.59 Å². The van der Waals surface area contributed by atoms with Gasteiger partial charge in [0.15, 0.2) is 11.5 Å². The molecule has 2 amide bonds. The molecule has 0 bridgehead atoms. The molecule has 2 aromatic rings. The first kappa shape index (κ1) is 21.3. The summed E-state index contributed by atoms with van der Waals surface area (Å²) < 4.78 is 10.6. The predicted molar refractivity (Wildman–Crippen MR) is 108 cm³/mol. The maximum atomic E-state index is 12.6. The van der Waals surface area contributed by atoms with Crippen molar-refractivity contribution in [1.82, 2.24) is 10.6 Å². The summed E-state index contributed by atoms with van der Waals surface area (Å²) >= 11 is 0. The number of aryl methyl sites for hydroxylation is 1. The molecule has 0 saturated carbocycles. The van der Waals surface area contributed by atoms with E-state index in [2.05, 4.69) is 10.6 Å². The van der Waals surface area contributed by atoms with Gasteiger partial charge in [0.25, 0.3) is 0 Å². The lowest BCUT2D eigenvalue weighted by molar-refractivity contribution is -0.123. The molecule has 28 heavy (non-hydrogen) atoms. The molecule has 0 radical (unpaired) electrons. The average molecular weight is 384 g/mol. The lowest BCUT2D eigenvalue weighted by Crippen LogP contribution is -2.33. The molecule has 0 aliphatic heterocycles. The Kier molecular flexibility index (Phi) is 7.44. The standard InChI is InChI=1S/C22H28N2O4/c1-14-6-8-17(9-7-14)19(24-16(3)25)13-22(26)23-15(2)18-10-11-20(27-4)21(12-18)28-5/h6-12,15,19H,13H2,1-5H3,(H,23,26)(H,24,25). The van der Waals surface area contributed by atoms with Gasteiger partial charge in [0.1, 0.15) is 0 Å². The molecule has 2 rings (SSSR count). The second kappa shape index (κ2) is 9.78. The van der Waals surface area contributed by atoms with Crippen LogP contribution in [0.5, 0.6) is 11.5 Å². The average Bonchev–Trinajstić information content (AvgIpc) is 2.67. The smallest absolute Gasteiger partial charge is 0.222 e. The zero-order valence-electron chi connectivity index (χ0n) is 17.0. The topological polar surface area (TPSA) is 76.7 Å². The first-order chi connectivity index (χ1) is 13.3. The number of benzene rings is 2. The highest BCUT2D eigenvalue weighted by Gasteiger charge is 2.19. The third kappa shape index (κ3) is 5.74. The lowest BCUT2D eigenvalue weighted by Gasteiger charge is -2.21. The number of hydrogen-bond donors (Lipinski definition) is 2. The lowest BCUT2D eigenvalue weighted by atomic mass is 10.0. The maximum absolute atomic E-state index is 12.6. The van der Waals surface area contributed by atoms with Crippen molar-refractivity contribution in [3.63, 3.8) is 0 Å². The van der Waals surface area contributed by atoms with E-state index >= 15 is 0 Å². The number of nitrogens with one attached hydrogen (secondary N) is 2. The van der Waals surface area contributed by atoms with E-state index in [1.807, 2.05) is 56.3 Å². The fraction of sp³-hybridized carbons (Fsp3) is 0.364. The van der Waals surface area contributed by atoms with Crippen molar-refractivity contribution in [3.8, 4) is 11.5 Å². The molecule has 0 fully saturated rings. The monoisotopic (exact) mass is 384 g/mol. The van der Waals surface area contributed by atoms with Gasteiger partial charge in [-0.1, -0.05) is 35.9 Å². The summed E-state index contributed by atoms with van der Waals surface area (Å²) in [5, 5.41) is 5.84. The number of rotatable bonds is 8. The third-order valence-corrected chi connectivity index (χ3v) is 4.53. The number of methoxy groups -OCH3 is 2. The molecule has 0 heterocycles. The van der Waals surface area contributed by atoms with Crippen LogP contribution in [0.4, 0.5) is 0 Å². The Hall–Kier alpha value is -3.02. The van der Waals surface area contributed by atoms with Gasteiger partial charge in [-0.15, -0.1) is 0 Å². The SMILES string of the molecule is COc1ccc(C(C)NC(=O)CC(NC(C)=O)c2ccc(C)cc2)cc1OC. The van der Waals surface area contributed by atoms with E-state index < -0.39 is 0 Å². The molecule has 0 aromatic heterocycles. The van der Waals surface area contributed by atoms with Crippen molar-refractivity contribution in [2.24, 2.45) is 0 Å². The van der Waals surface area contributed by atoms with Gasteiger partial charge in [-0.2, -0.15) is 0 Å². The number of amides is 2. The molecule has 0 saturated heterocycles. The van der Waals surface area contributed by atoms with Crippen LogP contribution >= 0.6 is 0 Å². The number of ether oxygens (including phenoxy) is 2. The third-order valence-electron chi connectivity index (χ3n) is 4.53. The molecule has 2 N–H and O–H groups in total. The van der Waals surface area contributed by atoms with Crippen molar-refractivity contribution >= 4 is 11.8 Å². The summed E-state index contributed by atoms with van der Waals surface area (Å²) in [5.41, 5.74) is 2.92. The number of carbonyl (C=O) groups excluding carboxylic acids is 2. The van der Waals surface area contributed by atoms with Crippen molar-refractivity contribution in [2.45, 2.75) is 39.3 Å². The van der Waals surface area contributed by atoms with Crippen LogP contribution in [-0.2, 0) is 9.59 Å². The first-order valence-electron chi connectivity index (χ1n) is 9.19. The van der Waals surface area contributed by atoms with Crippen LogP contribution in [0.15, 0.2) is 42.5 Å². The Morgan fingerprint density at radius 2 is 1.54 bits per heavy atom. The molecular weight excluding hydrogens is 356 g/mol. The highest BCUT2D eigenvalue weighted by molar-refractivity contribution is 5.79. The van der Waals surface area contributed by atoms with E-state index in [-0.39, 0.29) is 30.3 Å². The molecule has 0 aliphatic carbocycles. The number of hydrogen-bond acceptors (Lipinski definition) is 4. The van der Waals surface area contributed by atoms with Crippen LogP contribution in [0.1, 0.15) is 49.0 Å². The molecule has 150 valence electrons. The maximum Gasteiger partial charge on any atom is 0.222 e. The van der Waals surface area contributed by atoms with E-state index in [1.54, 1.807) is 14.2 Å². The number of carbonyl (C=O) groups is 2. The fourth-order valence-corrected chi connectivity index (χ4v) is 2.99. The van der Waals surface area contributed by atoms with Gasteiger partial charge in [-0.25, -0.2) is 0 Å². The van der Waals surface area contributed by atoms with Crippen LogP contribution in [0.25, 0.3) is 0 Å². The fourth-order valence-electron chi connectivity index (χ4n) is 2.99. The predicted octanol–water partition coefficient (Wildman–Crippen LogP) is 3.46. The van der Waals surface area contributed by atoms with Gasteiger partial charge in [-0.05, 0) is 37.1 Å². The van der Waals surface area contributed by atoms with Crippen LogP contribution in [-0.4, -0.2) is 26.0 Å². The Morgan fingerprint density at radius 1 is 0.929 bits per heavy atom. The van der Waals surface area contributed by atoms with Gasteiger partial charge in [0, 0.05) is 6.92 Å². The molecule has 6 heteroatoms. The molecule has 6 nitrogen and oxygen atoms in total. The van der Waals surface area contributed by atoms with Gasteiger partial charge in [0.2, 0.25) is 11.8 Å². The Labute approximate surface area is 166 Å². The minimum atomic E-state index is -0.379. The Morgan fingerprint density at radius 3 is 2.11 bits per heavy atom. The molecule has 2 atom stereocenters. The minimum Gasteiger partial charge on any atom is -0.493 e. The minimum absolute atomic E-state index is 0.151. The van der Waals surface area contributed by atoms with Gasteiger partial charge in [-0.3, -0.25) is 9.59 Å². The molecular formula is C22H28N2O4. The second-order valence-corrected chi connectivity index (χ2v) is 6.77. The zero-order valence-corrected chi connectivity index (χ0v) is 17.0. The highest BCUT2D eigenvalue weighted by Crippen LogP contribution is 2.30. The summed E-state index contributed by atoms with van der Waals surface area (Å²) in [7, 11) is 3.15. The molecule has 2 unspecified atom stereocenters. The van der Waals surface area contributed by atoms with Crippen molar-refractivity contribution < 1.29 is 19.1 Å². The largest absolute Gasteiger partial charge is 0.493 e. The highest BCUT2D eigenvalue weighted by atomic mass is 16.5. The van der Waals surface area contributed by atoms with Gasteiger partial charge < -0.3 is 20.1 Å². The first-order valence-corrected chi connectivity index (χ1v) is 9.19. The van der Waals surface area contributed by atoms with Crippen LogP contribution in [0.2, 0.25) is 0 Å². The van der Waals surface area contributed by atoms with Crippen molar-refractivity contribution in [3.05, 3.63) is 59.2 Å². The molecule has 0 aliphatic rings. The summed E-state index contributed by atoms with van der Waals surface area (Å²) in [6, 6.07) is 12.7. The van der Waals surface area contributed by atoms with E-state index in [1.165, 1.54) is 6.92 Å². The van der Waals surface area contributed by atoms with E-state index in [0.29, 0.717) is 11.5 Å². The quantitative estimate of drug-likeness (QED) is 0.731. The van der Waals surface area contributed by atoms with E-state index in [4.69, 9.17) is 9.47 Å². The van der Waals surface area contributed by atoms with Gasteiger partial charge in [0.05, 0.1) is 32.7 Å². The second-order valence-electron chi connectivity index (χ2n) is 6.77. The van der Waals surface area contributed by atoms with Crippen LogP contribution < -0.4 is 20.1 Å². The van der Waals surface area contributed by atoms with Crippen LogP contribution in [0.3, 0.4) is 0 Å². The van der Waals surface area contributed by atoms with Crippen molar-refractivity contribution in [2.75, 3.05) is 14.2 Å². The summed E-state index contributed by atoms with van der Waals surface area (Å²) in [5.74, 6) is 0.916. The zero-order chi connectivity index (χ0) is 20.7. The summed E-state index contributed by atoms with van der Waals surface area (Å²) in [6.07, 6.45) is 0.153. The summed E-state index contributed by atoms with van der Waals surface area (Å²) in [6.45, 7) is 5.35. The molecule has 0 spiro atoms. The van der Waals surface area contributed by atoms with Gasteiger partial charge >= 0.3 is 0 Å². The Bertz CT molecular complexity index is 818.